The zero-order chi connectivity index (χ0) is 10.7. The van der Waals surface area contributed by atoms with Crippen molar-refractivity contribution in [1.29, 1.82) is 0 Å². The number of pyridine rings is 1. The highest BCUT2D eigenvalue weighted by atomic mass is 16.4. The number of carboxylic acids is 1. The van der Waals surface area contributed by atoms with Crippen LogP contribution in [0.2, 0.25) is 0 Å². The van der Waals surface area contributed by atoms with Gasteiger partial charge in [0.05, 0.1) is 5.56 Å². The highest BCUT2D eigenvalue weighted by molar-refractivity contribution is 5.87. The molecule has 0 aromatic carbocycles. The third-order valence-corrected chi connectivity index (χ3v) is 2.57. The maximum Gasteiger partial charge on any atom is 0.337 e. The molecule has 80 valence electrons. The third kappa shape index (κ3) is 2.94. The van der Waals surface area contributed by atoms with Gasteiger partial charge < -0.3 is 10.4 Å². The summed E-state index contributed by atoms with van der Waals surface area (Å²) in [4.78, 5) is 14.6. The highest BCUT2D eigenvalue weighted by Crippen LogP contribution is 2.31. The minimum atomic E-state index is -0.938. The number of hydrogen-bond donors (Lipinski definition) is 2. The molecule has 0 atom stereocenters. The summed E-state index contributed by atoms with van der Waals surface area (Å²) in [5, 5.41) is 11.9. The van der Waals surface area contributed by atoms with Gasteiger partial charge in [-0.1, -0.05) is 12.8 Å². The lowest BCUT2D eigenvalue weighted by atomic mass is 10.3. The minimum absolute atomic E-state index is 0.225. The van der Waals surface area contributed by atoms with E-state index in [1.807, 2.05) is 0 Å². The Bertz CT molecular complexity index is 344. The van der Waals surface area contributed by atoms with Gasteiger partial charge in [0, 0.05) is 12.7 Å². The van der Waals surface area contributed by atoms with E-state index in [4.69, 9.17) is 5.11 Å². The first kappa shape index (κ1) is 9.96. The van der Waals surface area contributed by atoms with Crippen molar-refractivity contribution in [2.75, 3.05) is 11.9 Å². The van der Waals surface area contributed by atoms with Crippen LogP contribution in [0.25, 0.3) is 0 Å². The summed E-state index contributed by atoms with van der Waals surface area (Å²) in [5.41, 5.74) is 0.225. The van der Waals surface area contributed by atoms with E-state index in [2.05, 4.69) is 10.3 Å². The first-order valence-electron chi connectivity index (χ1n) is 5.19. The van der Waals surface area contributed by atoms with Gasteiger partial charge in [0.25, 0.3) is 0 Å². The van der Waals surface area contributed by atoms with Crippen LogP contribution in [0.15, 0.2) is 18.3 Å². The Morgan fingerprint density at radius 2 is 2.33 bits per heavy atom. The largest absolute Gasteiger partial charge is 0.478 e. The molecular formula is C11H14N2O2. The van der Waals surface area contributed by atoms with Gasteiger partial charge in [-0.05, 0) is 24.5 Å². The minimum Gasteiger partial charge on any atom is -0.478 e. The molecule has 1 aromatic heterocycles. The number of aromatic carboxylic acids is 1. The molecule has 15 heavy (non-hydrogen) atoms. The first-order valence-corrected chi connectivity index (χ1v) is 5.19. The van der Waals surface area contributed by atoms with Crippen LogP contribution in [-0.4, -0.2) is 22.6 Å². The van der Waals surface area contributed by atoms with Crippen LogP contribution in [0.4, 0.5) is 5.82 Å². The normalized spacial score (nSPS) is 14.9. The van der Waals surface area contributed by atoms with Crippen molar-refractivity contribution in [2.24, 2.45) is 5.92 Å². The van der Waals surface area contributed by atoms with Crippen LogP contribution in [0.3, 0.4) is 0 Å². The van der Waals surface area contributed by atoms with Gasteiger partial charge in [-0.2, -0.15) is 0 Å². The van der Waals surface area contributed by atoms with E-state index in [9.17, 15) is 4.79 Å². The smallest absolute Gasteiger partial charge is 0.337 e. The van der Waals surface area contributed by atoms with E-state index in [1.165, 1.54) is 25.5 Å². The molecule has 0 aliphatic heterocycles. The van der Waals surface area contributed by atoms with Crippen molar-refractivity contribution >= 4 is 11.8 Å². The number of nitrogens with zero attached hydrogens (tertiary/aromatic N) is 1. The van der Waals surface area contributed by atoms with Crippen molar-refractivity contribution < 1.29 is 9.90 Å². The summed E-state index contributed by atoms with van der Waals surface area (Å²) in [5.74, 6) is 0.712. The van der Waals surface area contributed by atoms with Crippen molar-refractivity contribution in [2.45, 2.75) is 19.3 Å². The van der Waals surface area contributed by atoms with Crippen molar-refractivity contribution in [3.63, 3.8) is 0 Å². The lowest BCUT2D eigenvalue weighted by molar-refractivity contribution is 0.0696. The average molecular weight is 206 g/mol. The Kier molecular flexibility index (Phi) is 2.85. The van der Waals surface area contributed by atoms with E-state index in [0.717, 1.165) is 18.3 Å². The van der Waals surface area contributed by atoms with Gasteiger partial charge in [-0.25, -0.2) is 9.78 Å². The van der Waals surface area contributed by atoms with Crippen molar-refractivity contribution in [3.05, 3.63) is 23.9 Å². The molecule has 0 unspecified atom stereocenters. The van der Waals surface area contributed by atoms with E-state index < -0.39 is 5.97 Å². The molecule has 1 aliphatic rings. The van der Waals surface area contributed by atoms with Crippen LogP contribution in [0.5, 0.6) is 0 Å². The summed E-state index contributed by atoms with van der Waals surface area (Å²) in [6, 6.07) is 3.27. The molecule has 1 aromatic rings. The summed E-state index contributed by atoms with van der Waals surface area (Å²) in [7, 11) is 0. The fourth-order valence-electron chi connectivity index (χ4n) is 1.44. The average Bonchev–Trinajstić information content (AvgIpc) is 3.02. The van der Waals surface area contributed by atoms with E-state index in [1.54, 1.807) is 12.1 Å². The standard InChI is InChI=1S/C11H14N2O2/c14-11(15)9-3-4-10(13-7-9)12-6-5-8-1-2-8/h3-4,7-8H,1-2,5-6H2,(H,12,13)(H,14,15). The molecule has 1 heterocycles. The predicted molar refractivity (Wildman–Crippen MR) is 57.0 cm³/mol. The number of nitrogens with one attached hydrogen (secondary N) is 1. The lowest BCUT2D eigenvalue weighted by Crippen LogP contribution is -2.05. The molecule has 1 saturated carbocycles. The summed E-state index contributed by atoms with van der Waals surface area (Å²) in [6.45, 7) is 0.921. The van der Waals surface area contributed by atoms with E-state index in [-0.39, 0.29) is 5.56 Å². The fraction of sp³-hybridized carbons (Fsp3) is 0.455. The summed E-state index contributed by atoms with van der Waals surface area (Å²) < 4.78 is 0. The highest BCUT2D eigenvalue weighted by Gasteiger charge is 2.20. The van der Waals surface area contributed by atoms with Crippen LogP contribution in [0, 0.1) is 5.92 Å². The molecule has 1 fully saturated rings. The SMILES string of the molecule is O=C(O)c1ccc(NCCC2CC2)nc1. The topological polar surface area (TPSA) is 62.2 Å². The zero-order valence-electron chi connectivity index (χ0n) is 8.44. The number of rotatable bonds is 5. The molecule has 2 N–H and O–H groups in total. The number of anilines is 1. The van der Waals surface area contributed by atoms with Gasteiger partial charge in [0.2, 0.25) is 0 Å². The first-order chi connectivity index (χ1) is 7.25. The van der Waals surface area contributed by atoms with Gasteiger partial charge in [0.15, 0.2) is 0 Å². The zero-order valence-corrected chi connectivity index (χ0v) is 8.44. The third-order valence-electron chi connectivity index (χ3n) is 2.57. The number of hydrogen-bond acceptors (Lipinski definition) is 3. The molecule has 0 bridgehead atoms. The molecule has 1 aliphatic carbocycles. The monoisotopic (exact) mass is 206 g/mol. The fourth-order valence-corrected chi connectivity index (χ4v) is 1.44. The Balaban J connectivity index is 1.83. The molecule has 0 saturated heterocycles. The van der Waals surface area contributed by atoms with Gasteiger partial charge in [-0.3, -0.25) is 0 Å². The van der Waals surface area contributed by atoms with Crippen molar-refractivity contribution in [3.8, 4) is 0 Å². The second-order valence-corrected chi connectivity index (χ2v) is 3.90. The van der Waals surface area contributed by atoms with Gasteiger partial charge >= 0.3 is 5.97 Å². The van der Waals surface area contributed by atoms with Crippen LogP contribution in [0.1, 0.15) is 29.6 Å². The number of carboxylic acid groups (broad SMARTS) is 1. The number of aromatic nitrogens is 1. The van der Waals surface area contributed by atoms with E-state index in [0.29, 0.717) is 0 Å². The van der Waals surface area contributed by atoms with Crippen molar-refractivity contribution in [1.82, 2.24) is 4.98 Å². The molecular weight excluding hydrogens is 192 g/mol. The maximum atomic E-state index is 10.6. The summed E-state index contributed by atoms with van der Waals surface area (Å²) >= 11 is 0. The Hall–Kier alpha value is -1.58. The molecule has 0 radical (unpaired) electrons. The predicted octanol–water partition coefficient (Wildman–Crippen LogP) is 1.99. The quantitative estimate of drug-likeness (QED) is 0.773. The van der Waals surface area contributed by atoms with Gasteiger partial charge in [-0.15, -0.1) is 0 Å². The lowest BCUT2D eigenvalue weighted by Gasteiger charge is -2.04. The maximum absolute atomic E-state index is 10.6. The Morgan fingerprint density at radius 3 is 2.87 bits per heavy atom. The molecule has 0 amide bonds. The van der Waals surface area contributed by atoms with E-state index >= 15 is 0 Å². The molecule has 4 nitrogen and oxygen atoms in total. The summed E-state index contributed by atoms with van der Waals surface area (Å²) in [6.07, 6.45) is 5.27. The van der Waals surface area contributed by atoms with Crippen LogP contribution >= 0.6 is 0 Å². The molecule has 4 heteroatoms. The second-order valence-electron chi connectivity index (χ2n) is 3.90. The number of carbonyl (C=O) groups is 1. The second kappa shape index (κ2) is 4.29. The molecule has 0 spiro atoms. The van der Waals surface area contributed by atoms with Crippen LogP contribution < -0.4 is 5.32 Å². The Morgan fingerprint density at radius 1 is 1.53 bits per heavy atom. The Labute approximate surface area is 88.3 Å². The van der Waals surface area contributed by atoms with Crippen LogP contribution in [-0.2, 0) is 0 Å². The molecule has 2 rings (SSSR count). The van der Waals surface area contributed by atoms with Gasteiger partial charge in [0.1, 0.15) is 5.82 Å².